The van der Waals surface area contributed by atoms with Gasteiger partial charge in [0.2, 0.25) is 0 Å². The molecule has 0 atom stereocenters. The molecular weight excluding hydrogens is 319 g/mol. The summed E-state index contributed by atoms with van der Waals surface area (Å²) in [4.78, 5) is 10.2. The quantitative estimate of drug-likeness (QED) is 0.676. The molecule has 8 heteroatoms. The van der Waals surface area contributed by atoms with E-state index in [1.807, 2.05) is 0 Å². The molecule has 0 bridgehead atoms. The maximum Gasteiger partial charge on any atom is 0.295 e. The zero-order chi connectivity index (χ0) is 13.8. The average molecular weight is 329 g/mol. The topological polar surface area (TPSA) is 73.0 Å². The van der Waals surface area contributed by atoms with Crippen molar-refractivity contribution in [2.24, 2.45) is 0 Å². The normalized spacial score (nSPS) is 10.4. The molecule has 0 radical (unpaired) electrons. The fourth-order valence-electron chi connectivity index (χ4n) is 1.57. The first kappa shape index (κ1) is 13.5. The van der Waals surface area contributed by atoms with Crippen LogP contribution in [0.1, 0.15) is 0 Å². The SMILES string of the molecule is O=[N+]([O-])c1cc(F)c(Br)cc1NCCn1cccn1. The lowest BCUT2D eigenvalue weighted by Crippen LogP contribution is -2.12. The van der Waals surface area contributed by atoms with Crippen LogP contribution in [0.15, 0.2) is 35.1 Å². The molecule has 0 saturated heterocycles. The highest BCUT2D eigenvalue weighted by molar-refractivity contribution is 9.10. The highest BCUT2D eigenvalue weighted by Crippen LogP contribution is 2.30. The lowest BCUT2D eigenvalue weighted by atomic mass is 10.2. The van der Waals surface area contributed by atoms with Gasteiger partial charge < -0.3 is 5.32 Å². The van der Waals surface area contributed by atoms with E-state index >= 15 is 0 Å². The molecule has 1 aromatic carbocycles. The Kier molecular flexibility index (Phi) is 4.10. The number of hydrogen-bond donors (Lipinski definition) is 1. The van der Waals surface area contributed by atoms with Crippen molar-refractivity contribution in [3.05, 3.63) is 51.0 Å². The van der Waals surface area contributed by atoms with Gasteiger partial charge in [-0.25, -0.2) is 4.39 Å². The smallest absolute Gasteiger partial charge is 0.295 e. The number of nitrogens with zero attached hydrogens (tertiary/aromatic N) is 3. The standard InChI is InChI=1S/C11H10BrFN4O2/c12-8-6-10(11(17(18)19)7-9(8)13)14-3-5-16-4-1-2-15-16/h1-2,4,6-7,14H,3,5H2. The van der Waals surface area contributed by atoms with Crippen LogP contribution in [-0.4, -0.2) is 21.2 Å². The number of nitrogens with one attached hydrogen (secondary N) is 1. The maximum atomic E-state index is 13.3. The van der Waals surface area contributed by atoms with Gasteiger partial charge >= 0.3 is 0 Å². The summed E-state index contributed by atoms with van der Waals surface area (Å²) in [7, 11) is 0. The third kappa shape index (κ3) is 3.28. The molecule has 100 valence electrons. The van der Waals surface area contributed by atoms with Crippen LogP contribution >= 0.6 is 15.9 Å². The number of rotatable bonds is 5. The third-order valence-corrected chi connectivity index (χ3v) is 3.06. The minimum Gasteiger partial charge on any atom is -0.378 e. The second kappa shape index (κ2) is 5.79. The summed E-state index contributed by atoms with van der Waals surface area (Å²) in [6.45, 7) is 1.000. The molecule has 6 nitrogen and oxygen atoms in total. The Morgan fingerprint density at radius 1 is 1.53 bits per heavy atom. The van der Waals surface area contributed by atoms with Crippen LogP contribution in [0, 0.1) is 15.9 Å². The molecule has 1 aromatic heterocycles. The van der Waals surface area contributed by atoms with E-state index in [4.69, 9.17) is 0 Å². The number of nitro benzene ring substituents is 1. The van der Waals surface area contributed by atoms with E-state index in [0.29, 0.717) is 13.1 Å². The van der Waals surface area contributed by atoms with Gasteiger partial charge in [-0.2, -0.15) is 5.10 Å². The molecule has 0 aliphatic carbocycles. The molecule has 0 aliphatic rings. The van der Waals surface area contributed by atoms with Crippen LogP contribution in [0.3, 0.4) is 0 Å². The van der Waals surface area contributed by atoms with Crippen LogP contribution in [0.25, 0.3) is 0 Å². The van der Waals surface area contributed by atoms with Crippen LogP contribution < -0.4 is 5.32 Å². The van der Waals surface area contributed by atoms with Gasteiger partial charge in [-0.1, -0.05) is 0 Å². The number of halogens is 2. The van der Waals surface area contributed by atoms with Crippen LogP contribution in [0.4, 0.5) is 15.8 Å². The number of aromatic nitrogens is 2. The summed E-state index contributed by atoms with van der Waals surface area (Å²) in [6.07, 6.45) is 3.44. The summed E-state index contributed by atoms with van der Waals surface area (Å²) < 4.78 is 15.1. The summed E-state index contributed by atoms with van der Waals surface area (Å²) in [5, 5.41) is 17.8. The molecule has 0 fully saturated rings. The van der Waals surface area contributed by atoms with Crippen LogP contribution in [0.5, 0.6) is 0 Å². The van der Waals surface area contributed by atoms with E-state index < -0.39 is 10.7 Å². The molecule has 0 aliphatic heterocycles. The first-order valence-corrected chi connectivity index (χ1v) is 6.22. The Hall–Kier alpha value is -1.96. The molecule has 2 rings (SSSR count). The highest BCUT2D eigenvalue weighted by atomic mass is 79.9. The summed E-state index contributed by atoms with van der Waals surface area (Å²) in [6, 6.07) is 4.04. The number of nitro groups is 1. The minimum atomic E-state index is -0.663. The summed E-state index contributed by atoms with van der Waals surface area (Å²) in [5.74, 6) is -0.663. The van der Waals surface area contributed by atoms with Gasteiger partial charge in [0, 0.05) is 18.9 Å². The predicted octanol–water partition coefficient (Wildman–Crippen LogP) is 2.80. The van der Waals surface area contributed by atoms with Gasteiger partial charge in [0.15, 0.2) is 0 Å². The van der Waals surface area contributed by atoms with Gasteiger partial charge in [-0.15, -0.1) is 0 Å². The van der Waals surface area contributed by atoms with E-state index in [0.717, 1.165) is 6.07 Å². The third-order valence-electron chi connectivity index (χ3n) is 2.45. The van der Waals surface area contributed by atoms with Crippen molar-refractivity contribution in [1.82, 2.24) is 9.78 Å². The van der Waals surface area contributed by atoms with Gasteiger partial charge in [0.25, 0.3) is 5.69 Å². The van der Waals surface area contributed by atoms with E-state index in [2.05, 4.69) is 26.3 Å². The maximum absolute atomic E-state index is 13.3. The number of hydrogen-bond acceptors (Lipinski definition) is 4. The average Bonchev–Trinajstić information content (AvgIpc) is 2.86. The zero-order valence-electron chi connectivity index (χ0n) is 9.72. The Morgan fingerprint density at radius 2 is 2.32 bits per heavy atom. The molecule has 0 amide bonds. The lowest BCUT2D eigenvalue weighted by Gasteiger charge is -2.08. The van der Waals surface area contributed by atoms with Crippen molar-refractivity contribution in [1.29, 1.82) is 0 Å². The van der Waals surface area contributed by atoms with Gasteiger partial charge in [-0.05, 0) is 28.1 Å². The van der Waals surface area contributed by atoms with E-state index in [-0.39, 0.29) is 15.8 Å². The number of anilines is 1. The van der Waals surface area contributed by atoms with Gasteiger partial charge in [-0.3, -0.25) is 14.8 Å². The Balaban J connectivity index is 2.10. The molecule has 1 N–H and O–H groups in total. The van der Waals surface area contributed by atoms with E-state index in [1.165, 1.54) is 6.07 Å². The first-order chi connectivity index (χ1) is 9.08. The van der Waals surface area contributed by atoms with E-state index in [9.17, 15) is 14.5 Å². The Morgan fingerprint density at radius 3 is 2.95 bits per heavy atom. The molecule has 2 aromatic rings. The van der Waals surface area contributed by atoms with Crippen molar-refractivity contribution >= 4 is 27.3 Å². The zero-order valence-corrected chi connectivity index (χ0v) is 11.3. The van der Waals surface area contributed by atoms with Crippen molar-refractivity contribution in [2.75, 3.05) is 11.9 Å². The fraction of sp³-hybridized carbons (Fsp3) is 0.182. The molecule has 0 spiro atoms. The van der Waals surface area contributed by atoms with Crippen molar-refractivity contribution in [3.8, 4) is 0 Å². The van der Waals surface area contributed by atoms with Crippen molar-refractivity contribution < 1.29 is 9.31 Å². The first-order valence-electron chi connectivity index (χ1n) is 5.42. The minimum absolute atomic E-state index is 0.180. The lowest BCUT2D eigenvalue weighted by molar-refractivity contribution is -0.384. The Bertz CT molecular complexity index is 589. The molecule has 0 saturated carbocycles. The van der Waals surface area contributed by atoms with Gasteiger partial charge in [0.05, 0.1) is 22.0 Å². The largest absolute Gasteiger partial charge is 0.378 e. The second-order valence-corrected chi connectivity index (χ2v) is 4.59. The fourth-order valence-corrected chi connectivity index (χ4v) is 1.91. The van der Waals surface area contributed by atoms with E-state index in [1.54, 1.807) is 23.1 Å². The van der Waals surface area contributed by atoms with Crippen LogP contribution in [-0.2, 0) is 6.54 Å². The van der Waals surface area contributed by atoms with Gasteiger partial charge in [0.1, 0.15) is 11.5 Å². The molecule has 19 heavy (non-hydrogen) atoms. The Labute approximate surface area is 116 Å². The number of benzene rings is 1. The molecule has 1 heterocycles. The van der Waals surface area contributed by atoms with Crippen molar-refractivity contribution in [3.63, 3.8) is 0 Å². The highest BCUT2D eigenvalue weighted by Gasteiger charge is 2.17. The van der Waals surface area contributed by atoms with Crippen LogP contribution in [0.2, 0.25) is 0 Å². The second-order valence-electron chi connectivity index (χ2n) is 3.74. The summed E-state index contributed by atoms with van der Waals surface area (Å²) in [5.41, 5.74) is -0.0217. The summed E-state index contributed by atoms with van der Waals surface area (Å²) >= 11 is 3.00. The monoisotopic (exact) mass is 328 g/mol. The predicted molar refractivity (Wildman–Crippen MR) is 71.5 cm³/mol. The van der Waals surface area contributed by atoms with Crippen molar-refractivity contribution in [2.45, 2.75) is 6.54 Å². The molecule has 0 unspecified atom stereocenters. The molecular formula is C11H10BrFN4O2.